The number of aliphatic hydroxyl groups excluding tert-OH is 1. The highest BCUT2D eigenvalue weighted by atomic mass is 79.9. The molecule has 2 heterocycles. The van der Waals surface area contributed by atoms with Crippen LogP contribution >= 0.6 is 39.0 Å². The van der Waals surface area contributed by atoms with Crippen molar-refractivity contribution in [1.82, 2.24) is 10.2 Å². The van der Waals surface area contributed by atoms with Gasteiger partial charge in [0.1, 0.15) is 17.3 Å². The lowest BCUT2D eigenvalue weighted by molar-refractivity contribution is -0.132. The molecule has 5 rings (SSSR count). The Kier molecular flexibility index (Phi) is 8.63. The fourth-order valence-electron chi connectivity index (χ4n) is 4.16. The molecule has 204 valence electrons. The zero-order valence-electron chi connectivity index (χ0n) is 21.2. The molecule has 1 saturated heterocycles. The first kappa shape index (κ1) is 28.0. The summed E-state index contributed by atoms with van der Waals surface area (Å²) >= 11 is 5.98. The number of ketones is 1. The second-order valence-corrected chi connectivity index (χ2v) is 12.0. The summed E-state index contributed by atoms with van der Waals surface area (Å²) < 4.78 is 20.3. The number of rotatable bonds is 9. The zero-order chi connectivity index (χ0) is 28.2. The molecule has 1 aliphatic rings. The van der Waals surface area contributed by atoms with Crippen LogP contribution in [0.1, 0.15) is 36.1 Å². The van der Waals surface area contributed by atoms with Crippen molar-refractivity contribution in [3.8, 4) is 5.75 Å². The van der Waals surface area contributed by atoms with E-state index in [1.165, 1.54) is 40.1 Å². The number of ether oxygens (including phenoxy) is 1. The van der Waals surface area contributed by atoms with Gasteiger partial charge in [-0.15, -0.1) is 10.2 Å². The maximum absolute atomic E-state index is 13.4. The molecule has 0 spiro atoms. The summed E-state index contributed by atoms with van der Waals surface area (Å²) in [5, 5.41) is 20.0. The zero-order valence-corrected chi connectivity index (χ0v) is 24.4. The van der Waals surface area contributed by atoms with E-state index in [1.807, 2.05) is 6.92 Å². The van der Waals surface area contributed by atoms with Crippen LogP contribution in [-0.4, -0.2) is 33.6 Å². The van der Waals surface area contributed by atoms with E-state index in [4.69, 9.17) is 4.74 Å². The minimum atomic E-state index is -0.910. The first-order valence-electron chi connectivity index (χ1n) is 12.4. The first-order valence-corrected chi connectivity index (χ1v) is 15.0. The second kappa shape index (κ2) is 12.3. The lowest BCUT2D eigenvalue weighted by Gasteiger charge is -2.22. The number of amides is 1. The highest BCUT2D eigenvalue weighted by Crippen LogP contribution is 2.44. The monoisotopic (exact) mass is 639 g/mol. The number of carbonyl (C=O) groups excluding carboxylic acids is 2. The molecule has 7 nitrogen and oxygen atoms in total. The third kappa shape index (κ3) is 5.96. The number of anilines is 1. The largest absolute Gasteiger partial charge is 0.507 e. The van der Waals surface area contributed by atoms with Crippen molar-refractivity contribution in [3.63, 3.8) is 0 Å². The van der Waals surface area contributed by atoms with E-state index in [-0.39, 0.29) is 22.3 Å². The SMILES string of the molecule is CCCOc1ccc(/C(O)=C2/C(=O)C(=O)N(c3nnc(SCc4ccc(F)cc4)s3)C2c2ccc(Br)cc2)cc1. The Bertz CT molecular complexity index is 1560. The van der Waals surface area contributed by atoms with Crippen LogP contribution in [0.5, 0.6) is 5.75 Å². The van der Waals surface area contributed by atoms with E-state index in [0.717, 1.165) is 16.5 Å². The van der Waals surface area contributed by atoms with Gasteiger partial charge in [-0.1, -0.05) is 70.2 Å². The second-order valence-electron chi connectivity index (χ2n) is 8.86. The predicted octanol–water partition coefficient (Wildman–Crippen LogP) is 7.15. The minimum Gasteiger partial charge on any atom is -0.507 e. The van der Waals surface area contributed by atoms with Crippen molar-refractivity contribution in [2.45, 2.75) is 29.5 Å². The molecule has 1 aliphatic heterocycles. The number of halogens is 2. The number of aromatic nitrogens is 2. The molecule has 1 atom stereocenters. The summed E-state index contributed by atoms with van der Waals surface area (Å²) in [6.07, 6.45) is 0.858. The molecule has 1 unspecified atom stereocenters. The van der Waals surface area contributed by atoms with Crippen LogP contribution in [-0.2, 0) is 15.3 Å². The normalized spacial score (nSPS) is 16.5. The van der Waals surface area contributed by atoms with Gasteiger partial charge in [0.25, 0.3) is 5.78 Å². The molecule has 11 heteroatoms. The van der Waals surface area contributed by atoms with Gasteiger partial charge in [0, 0.05) is 15.8 Å². The van der Waals surface area contributed by atoms with Crippen molar-refractivity contribution < 1.29 is 23.8 Å². The summed E-state index contributed by atoms with van der Waals surface area (Å²) in [5.74, 6) is -1.04. The van der Waals surface area contributed by atoms with E-state index in [2.05, 4.69) is 26.1 Å². The van der Waals surface area contributed by atoms with Crippen LogP contribution in [0.4, 0.5) is 9.52 Å². The van der Waals surface area contributed by atoms with Crippen LogP contribution < -0.4 is 9.64 Å². The van der Waals surface area contributed by atoms with E-state index < -0.39 is 17.7 Å². The Hall–Kier alpha value is -3.54. The smallest absolute Gasteiger partial charge is 0.301 e. The van der Waals surface area contributed by atoms with Crippen LogP contribution in [0.2, 0.25) is 0 Å². The average molecular weight is 641 g/mol. The third-order valence-electron chi connectivity index (χ3n) is 6.11. The van der Waals surface area contributed by atoms with E-state index in [1.54, 1.807) is 60.7 Å². The van der Waals surface area contributed by atoms with E-state index >= 15 is 0 Å². The van der Waals surface area contributed by atoms with Gasteiger partial charge >= 0.3 is 5.91 Å². The van der Waals surface area contributed by atoms with Gasteiger partial charge in [0.2, 0.25) is 5.13 Å². The molecule has 1 fully saturated rings. The standard InChI is InChI=1S/C29H23BrFN3O4S2/c1-2-15-38-22-13-7-19(8-14-22)25(35)23-24(18-5-9-20(30)10-6-18)34(27(37)26(23)36)28-32-33-29(40-28)39-16-17-3-11-21(31)12-4-17/h3-14,24,35H,2,15-16H2,1H3/b25-23-. The highest BCUT2D eigenvalue weighted by Gasteiger charge is 2.48. The molecule has 1 aromatic heterocycles. The lowest BCUT2D eigenvalue weighted by Crippen LogP contribution is -2.29. The number of benzene rings is 3. The molecule has 0 bridgehead atoms. The molecule has 1 N–H and O–H groups in total. The van der Waals surface area contributed by atoms with Gasteiger partial charge in [-0.2, -0.15) is 0 Å². The molecular weight excluding hydrogens is 617 g/mol. The number of hydrogen-bond acceptors (Lipinski definition) is 8. The predicted molar refractivity (Wildman–Crippen MR) is 157 cm³/mol. The highest BCUT2D eigenvalue weighted by molar-refractivity contribution is 9.10. The maximum Gasteiger partial charge on any atom is 0.301 e. The topological polar surface area (TPSA) is 92.6 Å². The minimum absolute atomic E-state index is 0.0368. The Morgan fingerprint density at radius 3 is 2.42 bits per heavy atom. The molecule has 3 aromatic carbocycles. The van der Waals surface area contributed by atoms with Gasteiger partial charge in [0.05, 0.1) is 18.2 Å². The Morgan fingerprint density at radius 1 is 1.05 bits per heavy atom. The number of carbonyl (C=O) groups is 2. The quantitative estimate of drug-likeness (QED) is 0.0683. The van der Waals surface area contributed by atoms with E-state index in [9.17, 15) is 19.1 Å². The Balaban J connectivity index is 1.49. The molecule has 40 heavy (non-hydrogen) atoms. The fourth-order valence-corrected chi connectivity index (χ4v) is 6.25. The number of aliphatic hydroxyl groups is 1. The molecular formula is C29H23BrFN3O4S2. The molecule has 0 saturated carbocycles. The van der Waals surface area contributed by atoms with Crippen LogP contribution in [0.25, 0.3) is 5.76 Å². The first-order chi connectivity index (χ1) is 19.4. The Morgan fingerprint density at radius 2 is 1.75 bits per heavy atom. The van der Waals surface area contributed by atoms with Crippen LogP contribution in [0.15, 0.2) is 87.2 Å². The van der Waals surface area contributed by atoms with Gasteiger partial charge < -0.3 is 9.84 Å². The Labute approximate surface area is 246 Å². The number of hydrogen-bond donors (Lipinski definition) is 1. The average Bonchev–Trinajstić information content (AvgIpc) is 3.54. The van der Waals surface area contributed by atoms with Crippen molar-refractivity contribution in [1.29, 1.82) is 0 Å². The van der Waals surface area contributed by atoms with Gasteiger partial charge in [0.15, 0.2) is 4.34 Å². The lowest BCUT2D eigenvalue weighted by atomic mass is 9.95. The van der Waals surface area contributed by atoms with Crippen LogP contribution in [0, 0.1) is 5.82 Å². The van der Waals surface area contributed by atoms with Crippen molar-refractivity contribution >= 4 is 61.6 Å². The van der Waals surface area contributed by atoms with Crippen LogP contribution in [0.3, 0.4) is 0 Å². The van der Waals surface area contributed by atoms with Crippen molar-refractivity contribution in [2.24, 2.45) is 0 Å². The van der Waals surface area contributed by atoms with Crippen molar-refractivity contribution in [3.05, 3.63) is 105 Å². The fraction of sp³-hybridized carbons (Fsp3) is 0.172. The number of Topliss-reactive ketones (excluding diaryl/α,β-unsaturated/α-hetero) is 1. The summed E-state index contributed by atoms with van der Waals surface area (Å²) in [7, 11) is 0. The summed E-state index contributed by atoms with van der Waals surface area (Å²) in [6, 6.07) is 19.2. The number of nitrogens with zero attached hydrogens (tertiary/aromatic N) is 3. The van der Waals surface area contributed by atoms with Gasteiger partial charge in [-0.05, 0) is 66.1 Å². The summed E-state index contributed by atoms with van der Waals surface area (Å²) in [5.41, 5.74) is 1.88. The third-order valence-corrected chi connectivity index (χ3v) is 8.76. The van der Waals surface area contributed by atoms with Crippen molar-refractivity contribution in [2.75, 3.05) is 11.5 Å². The van der Waals surface area contributed by atoms with Gasteiger partial charge in [-0.3, -0.25) is 14.5 Å². The molecule has 1 amide bonds. The molecule has 0 aliphatic carbocycles. The summed E-state index contributed by atoms with van der Waals surface area (Å²) in [4.78, 5) is 28.1. The van der Waals surface area contributed by atoms with E-state index in [0.29, 0.717) is 33.6 Å². The van der Waals surface area contributed by atoms with Gasteiger partial charge in [-0.25, -0.2) is 4.39 Å². The molecule has 4 aromatic rings. The summed E-state index contributed by atoms with van der Waals surface area (Å²) in [6.45, 7) is 2.57. The maximum atomic E-state index is 13.4. The molecule has 0 radical (unpaired) electrons. The number of thioether (sulfide) groups is 1.